The van der Waals surface area contributed by atoms with Crippen LogP contribution in [0.3, 0.4) is 0 Å². The first-order valence-electron chi connectivity index (χ1n) is 8.94. The zero-order valence-corrected chi connectivity index (χ0v) is 17.1. The van der Waals surface area contributed by atoms with Crippen LogP contribution < -0.4 is 5.32 Å². The number of pyridine rings is 1. The van der Waals surface area contributed by atoms with E-state index in [-0.39, 0.29) is 11.9 Å². The minimum Gasteiger partial charge on any atom is -0.345 e. The van der Waals surface area contributed by atoms with E-state index in [1.54, 1.807) is 12.4 Å². The molecule has 1 unspecified atom stereocenters. The van der Waals surface area contributed by atoms with Crippen molar-refractivity contribution in [3.8, 4) is 0 Å². The summed E-state index contributed by atoms with van der Waals surface area (Å²) in [5.74, 6) is -0.0961. The molecule has 0 fully saturated rings. The second kappa shape index (κ2) is 7.73. The number of hydrogen-bond donors (Lipinski definition) is 1. The third-order valence-electron chi connectivity index (χ3n) is 4.64. The van der Waals surface area contributed by atoms with Crippen LogP contribution in [0.2, 0.25) is 5.02 Å². The van der Waals surface area contributed by atoms with Crippen LogP contribution in [0.15, 0.2) is 54.9 Å². The minimum absolute atomic E-state index is 0.0961. The number of thiophene rings is 1. The largest absolute Gasteiger partial charge is 0.345 e. The average Bonchev–Trinajstić information content (AvgIpc) is 3.26. The first kappa shape index (κ1) is 18.7. The topological polar surface area (TPSA) is 59.8 Å². The average molecular weight is 411 g/mol. The van der Waals surface area contributed by atoms with Gasteiger partial charge in [0.05, 0.1) is 23.2 Å². The predicted molar refractivity (Wildman–Crippen MR) is 113 cm³/mol. The van der Waals surface area contributed by atoms with Crippen LogP contribution in [0, 0.1) is 6.92 Å². The maximum Gasteiger partial charge on any atom is 0.261 e. The summed E-state index contributed by atoms with van der Waals surface area (Å²) in [6.07, 6.45) is 3.49. The lowest BCUT2D eigenvalue weighted by atomic mass is 10.1. The summed E-state index contributed by atoms with van der Waals surface area (Å²) in [5.41, 5.74) is 2.87. The monoisotopic (exact) mass is 410 g/mol. The number of amides is 1. The molecule has 0 aliphatic carbocycles. The van der Waals surface area contributed by atoms with Gasteiger partial charge in [-0.3, -0.25) is 14.5 Å². The van der Waals surface area contributed by atoms with Crippen LogP contribution in [0.4, 0.5) is 0 Å². The number of aryl methyl sites for hydroxylation is 1. The number of nitrogens with zero attached hydrogens (tertiary/aromatic N) is 3. The Balaban J connectivity index is 1.59. The quantitative estimate of drug-likeness (QED) is 0.504. The minimum atomic E-state index is -0.118. The van der Waals surface area contributed by atoms with E-state index in [0.29, 0.717) is 16.4 Å². The van der Waals surface area contributed by atoms with Crippen molar-refractivity contribution in [2.75, 3.05) is 0 Å². The summed E-state index contributed by atoms with van der Waals surface area (Å²) in [6.45, 7) is 4.47. The molecule has 4 aromatic rings. The fraction of sp³-hybridized carbons (Fsp3) is 0.190. The number of benzene rings is 1. The van der Waals surface area contributed by atoms with E-state index in [2.05, 4.69) is 15.4 Å². The number of fused-ring (bicyclic) bond motifs is 1. The van der Waals surface area contributed by atoms with Gasteiger partial charge in [-0.25, -0.2) is 0 Å². The lowest BCUT2D eigenvalue weighted by Gasteiger charge is -2.12. The lowest BCUT2D eigenvalue weighted by Crippen LogP contribution is -2.25. The number of nitrogens with one attached hydrogen (secondary N) is 1. The van der Waals surface area contributed by atoms with Crippen LogP contribution in [0.1, 0.15) is 39.5 Å². The number of rotatable bonds is 5. The molecular weight excluding hydrogens is 392 g/mol. The lowest BCUT2D eigenvalue weighted by molar-refractivity contribution is 0.0944. The second-order valence-electron chi connectivity index (χ2n) is 6.65. The highest BCUT2D eigenvalue weighted by Crippen LogP contribution is 2.30. The molecule has 0 saturated carbocycles. The Bertz CT molecular complexity index is 1140. The van der Waals surface area contributed by atoms with Crippen molar-refractivity contribution in [3.05, 3.63) is 81.6 Å². The maximum absolute atomic E-state index is 12.8. The molecule has 3 aromatic heterocycles. The SMILES string of the molecule is Cc1nn(Cc2ccccc2Cl)c2sc(C(=O)NC(C)c3cccnc3)cc12. The normalized spacial score (nSPS) is 12.2. The molecule has 4 rings (SSSR count). The third-order valence-corrected chi connectivity index (χ3v) is 6.16. The Hall–Kier alpha value is -2.70. The van der Waals surface area contributed by atoms with Gasteiger partial charge >= 0.3 is 0 Å². The summed E-state index contributed by atoms with van der Waals surface area (Å²) in [5, 5.41) is 9.37. The van der Waals surface area contributed by atoms with Crippen molar-refractivity contribution in [2.45, 2.75) is 26.4 Å². The number of hydrogen-bond acceptors (Lipinski definition) is 4. The molecule has 0 radical (unpaired) electrons. The Morgan fingerprint density at radius 1 is 1.29 bits per heavy atom. The highest BCUT2D eigenvalue weighted by atomic mass is 35.5. The van der Waals surface area contributed by atoms with Gasteiger partial charge in [0.25, 0.3) is 5.91 Å². The smallest absolute Gasteiger partial charge is 0.261 e. The highest BCUT2D eigenvalue weighted by Gasteiger charge is 2.18. The molecule has 1 N–H and O–H groups in total. The van der Waals surface area contributed by atoms with E-state index >= 15 is 0 Å². The van der Waals surface area contributed by atoms with E-state index in [0.717, 1.165) is 27.0 Å². The number of carbonyl (C=O) groups excluding carboxylic acids is 1. The van der Waals surface area contributed by atoms with Gasteiger partial charge in [-0.1, -0.05) is 35.9 Å². The van der Waals surface area contributed by atoms with Gasteiger partial charge in [0, 0.05) is 22.8 Å². The molecule has 3 heterocycles. The molecule has 0 aliphatic rings. The summed E-state index contributed by atoms with van der Waals surface area (Å²) in [6, 6.07) is 13.3. The summed E-state index contributed by atoms with van der Waals surface area (Å²) in [7, 11) is 0. The van der Waals surface area contributed by atoms with Gasteiger partial charge in [-0.2, -0.15) is 5.10 Å². The fourth-order valence-electron chi connectivity index (χ4n) is 3.10. The van der Waals surface area contributed by atoms with Crippen molar-refractivity contribution in [3.63, 3.8) is 0 Å². The van der Waals surface area contributed by atoms with Crippen LogP contribution in [0.5, 0.6) is 0 Å². The van der Waals surface area contributed by atoms with Gasteiger partial charge in [0.2, 0.25) is 0 Å². The van der Waals surface area contributed by atoms with Crippen molar-refractivity contribution in [2.24, 2.45) is 0 Å². The molecule has 7 heteroatoms. The summed E-state index contributed by atoms with van der Waals surface area (Å²) < 4.78 is 1.91. The first-order chi connectivity index (χ1) is 13.5. The molecule has 1 aromatic carbocycles. The fourth-order valence-corrected chi connectivity index (χ4v) is 4.36. The summed E-state index contributed by atoms with van der Waals surface area (Å²) in [4.78, 5) is 18.5. The molecule has 0 saturated heterocycles. The molecule has 0 bridgehead atoms. The number of halogens is 1. The predicted octanol–water partition coefficient (Wildman–Crippen LogP) is 4.99. The number of aromatic nitrogens is 3. The zero-order chi connectivity index (χ0) is 19.7. The van der Waals surface area contributed by atoms with E-state index in [1.165, 1.54) is 11.3 Å². The third kappa shape index (κ3) is 3.66. The van der Waals surface area contributed by atoms with Gasteiger partial charge in [0.15, 0.2) is 0 Å². The van der Waals surface area contributed by atoms with Gasteiger partial charge in [0.1, 0.15) is 4.83 Å². The van der Waals surface area contributed by atoms with E-state index in [9.17, 15) is 4.79 Å². The van der Waals surface area contributed by atoms with Gasteiger partial charge in [-0.05, 0) is 43.2 Å². The molecule has 0 spiro atoms. The first-order valence-corrected chi connectivity index (χ1v) is 10.1. The standard InChI is InChI=1S/C21H19ClN4OS/c1-13(15-7-5-9-23-11-15)24-20(27)19-10-17-14(2)25-26(21(17)28-19)12-16-6-3-4-8-18(16)22/h3-11,13H,12H2,1-2H3,(H,24,27). The molecule has 1 atom stereocenters. The molecule has 142 valence electrons. The van der Waals surface area contributed by atoms with Crippen LogP contribution >= 0.6 is 22.9 Å². The van der Waals surface area contributed by atoms with Crippen molar-refractivity contribution in [1.82, 2.24) is 20.1 Å². The van der Waals surface area contributed by atoms with E-state index < -0.39 is 0 Å². The maximum atomic E-state index is 12.8. The van der Waals surface area contributed by atoms with Crippen LogP contribution in [-0.4, -0.2) is 20.7 Å². The highest BCUT2D eigenvalue weighted by molar-refractivity contribution is 7.20. The van der Waals surface area contributed by atoms with Crippen LogP contribution in [0.25, 0.3) is 10.2 Å². The van der Waals surface area contributed by atoms with Crippen molar-refractivity contribution >= 4 is 39.1 Å². The van der Waals surface area contributed by atoms with Crippen molar-refractivity contribution < 1.29 is 4.79 Å². The second-order valence-corrected chi connectivity index (χ2v) is 8.08. The zero-order valence-electron chi connectivity index (χ0n) is 15.5. The Labute approximate surface area is 172 Å². The Morgan fingerprint density at radius 3 is 2.86 bits per heavy atom. The van der Waals surface area contributed by atoms with Crippen LogP contribution in [-0.2, 0) is 6.54 Å². The van der Waals surface area contributed by atoms with Gasteiger partial charge in [-0.15, -0.1) is 11.3 Å². The van der Waals surface area contributed by atoms with E-state index in [1.807, 2.05) is 61.0 Å². The molecule has 0 aliphatic heterocycles. The molecule has 5 nitrogen and oxygen atoms in total. The number of carbonyl (C=O) groups is 1. The molecule has 1 amide bonds. The Morgan fingerprint density at radius 2 is 2.11 bits per heavy atom. The van der Waals surface area contributed by atoms with Gasteiger partial charge < -0.3 is 5.32 Å². The molecule has 28 heavy (non-hydrogen) atoms. The summed E-state index contributed by atoms with van der Waals surface area (Å²) >= 11 is 7.74. The van der Waals surface area contributed by atoms with Crippen molar-refractivity contribution in [1.29, 1.82) is 0 Å². The Kier molecular flexibility index (Phi) is 5.15. The van der Waals surface area contributed by atoms with E-state index in [4.69, 9.17) is 11.6 Å². The molecular formula is C21H19ClN4OS.